The number of nitriles is 1. The lowest BCUT2D eigenvalue weighted by atomic mass is 10.1. The first kappa shape index (κ1) is 14.8. The zero-order valence-electron chi connectivity index (χ0n) is 9.41. The van der Waals surface area contributed by atoms with Crippen LogP contribution in [-0.2, 0) is 16.0 Å². The van der Waals surface area contributed by atoms with E-state index in [-0.39, 0.29) is 33.4 Å². The Kier molecular flexibility index (Phi) is 5.40. The molecule has 0 amide bonds. The van der Waals surface area contributed by atoms with Crippen LogP contribution in [0.5, 0.6) is 0 Å². The molecule has 0 saturated carbocycles. The third kappa shape index (κ3) is 3.35. The third-order valence-electron chi connectivity index (χ3n) is 2.10. The minimum atomic E-state index is -2.77. The van der Waals surface area contributed by atoms with Gasteiger partial charge in [-0.3, -0.25) is 4.79 Å². The largest absolute Gasteiger partial charge is 0.466 e. The van der Waals surface area contributed by atoms with Gasteiger partial charge in [-0.15, -0.1) is 0 Å². The van der Waals surface area contributed by atoms with Gasteiger partial charge in [0.15, 0.2) is 5.69 Å². The summed E-state index contributed by atoms with van der Waals surface area (Å²) in [5.41, 5.74) is -0.305. The Balaban J connectivity index is 3.17. The van der Waals surface area contributed by atoms with Crippen molar-refractivity contribution in [2.45, 2.75) is 19.8 Å². The molecule has 0 aliphatic rings. The smallest absolute Gasteiger partial charge is 0.310 e. The zero-order valence-corrected chi connectivity index (χ0v) is 11.6. The Morgan fingerprint density at radius 3 is 2.83 bits per heavy atom. The van der Waals surface area contributed by atoms with E-state index < -0.39 is 12.4 Å². The minimum absolute atomic E-state index is 0.0708. The van der Waals surface area contributed by atoms with Crippen molar-refractivity contribution in [3.05, 3.63) is 26.6 Å². The van der Waals surface area contributed by atoms with E-state index in [4.69, 9.17) is 10.00 Å². The highest BCUT2D eigenvalue weighted by molar-refractivity contribution is 14.1. The molecule has 0 saturated heterocycles. The standard InChI is InChI=1S/C11H9F2IN2O2/c1-2-18-8(17)3-6-5-16-7(4-15)10(14)9(6)11(12)13/h5,11H,2-3H2,1H3. The molecule has 1 heterocycles. The molecule has 0 aromatic carbocycles. The number of alkyl halides is 2. The Morgan fingerprint density at radius 2 is 2.33 bits per heavy atom. The van der Waals surface area contributed by atoms with Crippen LogP contribution in [0, 0.1) is 14.9 Å². The van der Waals surface area contributed by atoms with E-state index in [1.165, 1.54) is 0 Å². The second kappa shape index (κ2) is 6.58. The molecule has 1 rings (SSSR count). The van der Waals surface area contributed by atoms with Crippen LogP contribution in [0.15, 0.2) is 6.20 Å². The summed E-state index contributed by atoms with van der Waals surface area (Å²) in [5, 5.41) is 8.73. The number of nitrogens with zero attached hydrogens (tertiary/aromatic N) is 2. The molecule has 1 aromatic rings. The molecule has 1 aromatic heterocycles. The number of halogens is 3. The fraction of sp³-hybridized carbons (Fsp3) is 0.364. The molecule has 0 spiro atoms. The summed E-state index contributed by atoms with van der Waals surface area (Å²) in [5.74, 6) is -0.596. The number of pyridine rings is 1. The van der Waals surface area contributed by atoms with Gasteiger partial charge in [0.25, 0.3) is 6.43 Å². The van der Waals surface area contributed by atoms with Crippen LogP contribution in [-0.4, -0.2) is 17.6 Å². The number of carbonyl (C=O) groups is 1. The molecule has 0 aliphatic carbocycles. The van der Waals surface area contributed by atoms with Gasteiger partial charge in [-0.2, -0.15) is 5.26 Å². The molecule has 96 valence electrons. The molecule has 0 radical (unpaired) electrons. The number of carbonyl (C=O) groups excluding carboxylic acids is 1. The zero-order chi connectivity index (χ0) is 13.7. The molecule has 0 N–H and O–H groups in total. The van der Waals surface area contributed by atoms with Crippen LogP contribution >= 0.6 is 22.6 Å². The van der Waals surface area contributed by atoms with E-state index in [1.807, 2.05) is 0 Å². The highest BCUT2D eigenvalue weighted by Gasteiger charge is 2.22. The highest BCUT2D eigenvalue weighted by Crippen LogP contribution is 2.29. The first-order valence-electron chi connectivity index (χ1n) is 5.02. The second-order valence-corrected chi connectivity index (χ2v) is 4.33. The quantitative estimate of drug-likeness (QED) is 0.607. The number of rotatable bonds is 4. The summed E-state index contributed by atoms with van der Waals surface area (Å²) in [4.78, 5) is 15.0. The number of esters is 1. The molecule has 0 aliphatic heterocycles. The van der Waals surface area contributed by atoms with E-state index in [2.05, 4.69) is 4.98 Å². The molecule has 0 bridgehead atoms. The van der Waals surface area contributed by atoms with Crippen LogP contribution in [0.1, 0.15) is 30.2 Å². The van der Waals surface area contributed by atoms with Crippen LogP contribution in [0.2, 0.25) is 0 Å². The average Bonchev–Trinajstić information content (AvgIpc) is 2.29. The van der Waals surface area contributed by atoms with Crippen molar-refractivity contribution in [1.82, 2.24) is 4.98 Å². The van der Waals surface area contributed by atoms with Crippen molar-refractivity contribution in [3.63, 3.8) is 0 Å². The first-order chi connectivity index (χ1) is 8.51. The first-order valence-corrected chi connectivity index (χ1v) is 6.10. The molecular formula is C11H9F2IN2O2. The SMILES string of the molecule is CCOC(=O)Cc1cnc(C#N)c(I)c1C(F)F. The molecular weight excluding hydrogens is 357 g/mol. The predicted octanol–water partition coefficient (Wildman–Crippen LogP) is 2.60. The van der Waals surface area contributed by atoms with E-state index in [1.54, 1.807) is 35.6 Å². The maximum absolute atomic E-state index is 12.9. The summed E-state index contributed by atoms with van der Waals surface area (Å²) in [7, 11) is 0. The Hall–Kier alpha value is -1.30. The summed E-state index contributed by atoms with van der Waals surface area (Å²) < 4.78 is 30.7. The fourth-order valence-electron chi connectivity index (χ4n) is 1.36. The number of aromatic nitrogens is 1. The Labute approximate surface area is 116 Å². The van der Waals surface area contributed by atoms with E-state index in [0.29, 0.717) is 0 Å². The van der Waals surface area contributed by atoms with Crippen LogP contribution in [0.4, 0.5) is 8.78 Å². The summed E-state index contributed by atoms with van der Waals surface area (Å²) in [6.45, 7) is 1.82. The second-order valence-electron chi connectivity index (χ2n) is 3.25. The van der Waals surface area contributed by atoms with Gasteiger partial charge in [0.1, 0.15) is 6.07 Å². The lowest BCUT2D eigenvalue weighted by Crippen LogP contribution is -2.11. The average molecular weight is 366 g/mol. The maximum atomic E-state index is 12.9. The normalized spacial score (nSPS) is 10.2. The topological polar surface area (TPSA) is 63.0 Å². The van der Waals surface area contributed by atoms with Gasteiger partial charge in [0, 0.05) is 11.8 Å². The van der Waals surface area contributed by atoms with Crippen molar-refractivity contribution in [1.29, 1.82) is 5.26 Å². The lowest BCUT2D eigenvalue weighted by Gasteiger charge is -2.10. The lowest BCUT2D eigenvalue weighted by molar-refractivity contribution is -0.142. The van der Waals surface area contributed by atoms with Crippen molar-refractivity contribution in [2.75, 3.05) is 6.61 Å². The van der Waals surface area contributed by atoms with Crippen molar-refractivity contribution < 1.29 is 18.3 Å². The van der Waals surface area contributed by atoms with Crippen molar-refractivity contribution >= 4 is 28.6 Å². The van der Waals surface area contributed by atoms with Gasteiger partial charge in [-0.25, -0.2) is 13.8 Å². The summed E-state index contributed by atoms with van der Waals surface area (Å²) >= 11 is 1.63. The van der Waals surface area contributed by atoms with Gasteiger partial charge < -0.3 is 4.74 Å². The van der Waals surface area contributed by atoms with Gasteiger partial charge in [-0.1, -0.05) is 0 Å². The van der Waals surface area contributed by atoms with Crippen LogP contribution < -0.4 is 0 Å². The Bertz CT molecular complexity index is 501. The molecule has 0 atom stereocenters. The van der Waals surface area contributed by atoms with Gasteiger partial charge in [-0.05, 0) is 35.1 Å². The molecule has 0 fully saturated rings. The number of hydrogen-bond donors (Lipinski definition) is 0. The summed E-state index contributed by atoms with van der Waals surface area (Å²) in [6.07, 6.45) is -1.92. The van der Waals surface area contributed by atoms with Crippen molar-refractivity contribution in [3.8, 4) is 6.07 Å². The molecule has 7 heteroatoms. The molecule has 4 nitrogen and oxygen atoms in total. The van der Waals surface area contributed by atoms with E-state index in [0.717, 1.165) is 6.20 Å². The fourth-order valence-corrected chi connectivity index (χ4v) is 2.20. The van der Waals surface area contributed by atoms with E-state index in [9.17, 15) is 13.6 Å². The molecule has 18 heavy (non-hydrogen) atoms. The number of hydrogen-bond acceptors (Lipinski definition) is 4. The molecule has 0 unspecified atom stereocenters. The maximum Gasteiger partial charge on any atom is 0.310 e. The van der Waals surface area contributed by atoms with E-state index >= 15 is 0 Å². The Morgan fingerprint density at radius 1 is 1.67 bits per heavy atom. The van der Waals surface area contributed by atoms with Crippen LogP contribution in [0.3, 0.4) is 0 Å². The number of ether oxygens (including phenoxy) is 1. The van der Waals surface area contributed by atoms with Gasteiger partial charge >= 0.3 is 5.97 Å². The monoisotopic (exact) mass is 366 g/mol. The van der Waals surface area contributed by atoms with Gasteiger partial charge in [0.05, 0.1) is 16.6 Å². The summed E-state index contributed by atoms with van der Waals surface area (Å²) in [6, 6.07) is 1.73. The third-order valence-corrected chi connectivity index (χ3v) is 3.20. The van der Waals surface area contributed by atoms with Crippen molar-refractivity contribution in [2.24, 2.45) is 0 Å². The predicted molar refractivity (Wildman–Crippen MR) is 67.0 cm³/mol. The van der Waals surface area contributed by atoms with Crippen LogP contribution in [0.25, 0.3) is 0 Å². The van der Waals surface area contributed by atoms with Gasteiger partial charge in [0.2, 0.25) is 0 Å². The minimum Gasteiger partial charge on any atom is -0.466 e. The highest BCUT2D eigenvalue weighted by atomic mass is 127.